The predicted octanol–water partition coefficient (Wildman–Crippen LogP) is 2.83. The van der Waals surface area contributed by atoms with Crippen LogP contribution in [0.25, 0.3) is 0 Å². The summed E-state index contributed by atoms with van der Waals surface area (Å²) in [6.45, 7) is 8.73. The first-order valence-electron chi connectivity index (χ1n) is 7.01. The molecule has 0 aliphatic carbocycles. The maximum atomic E-state index is 9.38. The van der Waals surface area contributed by atoms with E-state index in [-0.39, 0.29) is 6.61 Å². The van der Waals surface area contributed by atoms with Crippen LogP contribution in [0.5, 0.6) is 0 Å². The molecule has 0 rings (SSSR count). The van der Waals surface area contributed by atoms with Crippen LogP contribution in [0.4, 0.5) is 0 Å². The second kappa shape index (κ2) is 8.19. The third-order valence-electron chi connectivity index (χ3n) is 3.23. The lowest BCUT2D eigenvalue weighted by Gasteiger charge is -2.29. The van der Waals surface area contributed by atoms with Crippen molar-refractivity contribution < 1.29 is 14.2 Å². The predicted molar refractivity (Wildman–Crippen MR) is 81.0 cm³/mol. The topological polar surface area (TPSA) is 100.0 Å². The van der Waals surface area contributed by atoms with Gasteiger partial charge in [-0.15, -0.1) is 0 Å². The summed E-state index contributed by atoms with van der Waals surface area (Å²) in [7, 11) is 3.09. The number of hydrogen-bond acceptors (Lipinski definition) is 7. The summed E-state index contributed by atoms with van der Waals surface area (Å²) in [6, 6.07) is 4.18. The number of methoxy groups -OCH3 is 2. The van der Waals surface area contributed by atoms with Gasteiger partial charge in [0.15, 0.2) is 17.4 Å². The standard InChI is InChI=1S/C15H26N4O3/c1-12(20-6)22-11-15(5,10-17)19-18-14(4,9-16)8-13(2,3)21-7/h12H,8,11H2,1-7H3. The van der Waals surface area contributed by atoms with Gasteiger partial charge in [-0.2, -0.15) is 20.8 Å². The van der Waals surface area contributed by atoms with Gasteiger partial charge in [0.05, 0.1) is 24.3 Å². The molecule has 0 saturated carbocycles. The lowest BCUT2D eigenvalue weighted by atomic mass is 9.90. The highest BCUT2D eigenvalue weighted by Gasteiger charge is 2.34. The van der Waals surface area contributed by atoms with E-state index in [0.717, 1.165) is 0 Å². The van der Waals surface area contributed by atoms with Crippen molar-refractivity contribution >= 4 is 0 Å². The van der Waals surface area contributed by atoms with E-state index in [9.17, 15) is 10.5 Å². The van der Waals surface area contributed by atoms with Gasteiger partial charge in [-0.05, 0) is 34.6 Å². The molecule has 3 unspecified atom stereocenters. The molecule has 0 aromatic rings. The summed E-state index contributed by atoms with van der Waals surface area (Å²) in [4.78, 5) is 0. The van der Waals surface area contributed by atoms with E-state index >= 15 is 0 Å². The van der Waals surface area contributed by atoms with Crippen LogP contribution in [-0.4, -0.2) is 43.8 Å². The number of nitrogens with zero attached hydrogens (tertiary/aromatic N) is 4. The monoisotopic (exact) mass is 310 g/mol. The second-order valence-electron chi connectivity index (χ2n) is 6.23. The minimum Gasteiger partial charge on any atom is -0.379 e. The summed E-state index contributed by atoms with van der Waals surface area (Å²) in [5.74, 6) is 0. The van der Waals surface area contributed by atoms with Crippen molar-refractivity contribution in [1.29, 1.82) is 10.5 Å². The van der Waals surface area contributed by atoms with Crippen LogP contribution in [-0.2, 0) is 14.2 Å². The van der Waals surface area contributed by atoms with E-state index in [4.69, 9.17) is 14.2 Å². The normalized spacial score (nSPS) is 19.0. The van der Waals surface area contributed by atoms with Gasteiger partial charge < -0.3 is 14.2 Å². The minimum absolute atomic E-state index is 0.0250. The molecule has 0 spiro atoms. The molecule has 0 heterocycles. The highest BCUT2D eigenvalue weighted by molar-refractivity contribution is 5.09. The molecule has 7 nitrogen and oxygen atoms in total. The average molecular weight is 310 g/mol. The molecule has 0 N–H and O–H groups in total. The average Bonchev–Trinajstić information content (AvgIpc) is 2.50. The Bertz CT molecular complexity index is 466. The maximum Gasteiger partial charge on any atom is 0.187 e. The Balaban J connectivity index is 5.08. The van der Waals surface area contributed by atoms with Gasteiger partial charge in [-0.3, -0.25) is 0 Å². The summed E-state index contributed by atoms with van der Waals surface area (Å²) < 4.78 is 15.7. The third kappa shape index (κ3) is 6.95. The fourth-order valence-electron chi connectivity index (χ4n) is 1.65. The second-order valence-corrected chi connectivity index (χ2v) is 6.23. The Morgan fingerprint density at radius 1 is 1.00 bits per heavy atom. The smallest absolute Gasteiger partial charge is 0.187 e. The molecule has 0 radical (unpaired) electrons. The third-order valence-corrected chi connectivity index (χ3v) is 3.23. The molecule has 3 atom stereocenters. The molecule has 0 fully saturated rings. The first-order chi connectivity index (χ1) is 10.1. The van der Waals surface area contributed by atoms with Crippen molar-refractivity contribution in [3.63, 3.8) is 0 Å². The largest absolute Gasteiger partial charge is 0.379 e. The molecule has 0 aromatic heterocycles. The maximum absolute atomic E-state index is 9.38. The molecule has 0 amide bonds. The number of hydrogen-bond donors (Lipinski definition) is 0. The molecule has 0 aliphatic heterocycles. The first kappa shape index (κ1) is 20.5. The molecule has 7 heteroatoms. The first-order valence-corrected chi connectivity index (χ1v) is 7.01. The highest BCUT2D eigenvalue weighted by Crippen LogP contribution is 2.27. The van der Waals surface area contributed by atoms with Crippen molar-refractivity contribution in [1.82, 2.24) is 0 Å². The zero-order chi connectivity index (χ0) is 17.4. The van der Waals surface area contributed by atoms with Crippen LogP contribution in [0.2, 0.25) is 0 Å². The number of nitriles is 2. The Labute approximate surface area is 132 Å². The summed E-state index contributed by atoms with van der Waals surface area (Å²) in [5.41, 5.74) is -2.78. The molecule has 124 valence electrons. The van der Waals surface area contributed by atoms with E-state index < -0.39 is 23.0 Å². The van der Waals surface area contributed by atoms with Crippen molar-refractivity contribution in [2.75, 3.05) is 20.8 Å². The number of rotatable bonds is 9. The molecule has 0 bridgehead atoms. The van der Waals surface area contributed by atoms with Crippen LogP contribution < -0.4 is 0 Å². The molecule has 0 aromatic carbocycles. The minimum atomic E-state index is -1.18. The Kier molecular flexibility index (Phi) is 7.61. The molecular formula is C15H26N4O3. The fourth-order valence-corrected chi connectivity index (χ4v) is 1.65. The zero-order valence-corrected chi connectivity index (χ0v) is 14.5. The highest BCUT2D eigenvalue weighted by atomic mass is 16.7. The lowest BCUT2D eigenvalue weighted by molar-refractivity contribution is -0.118. The van der Waals surface area contributed by atoms with Crippen molar-refractivity contribution in [3.8, 4) is 12.1 Å². The lowest BCUT2D eigenvalue weighted by Crippen LogP contribution is -2.35. The summed E-state index contributed by atoms with van der Waals surface area (Å²) >= 11 is 0. The van der Waals surface area contributed by atoms with E-state index in [1.165, 1.54) is 7.11 Å². The molecule has 0 aliphatic rings. The van der Waals surface area contributed by atoms with Crippen LogP contribution >= 0.6 is 0 Å². The number of ether oxygens (including phenoxy) is 3. The van der Waals surface area contributed by atoms with E-state index in [1.54, 1.807) is 27.9 Å². The van der Waals surface area contributed by atoms with Crippen LogP contribution in [0.1, 0.15) is 41.0 Å². The quantitative estimate of drug-likeness (QED) is 0.481. The van der Waals surface area contributed by atoms with Crippen molar-refractivity contribution in [2.45, 2.75) is 64.0 Å². The van der Waals surface area contributed by atoms with Gasteiger partial charge >= 0.3 is 0 Å². The van der Waals surface area contributed by atoms with E-state index in [2.05, 4.69) is 16.3 Å². The van der Waals surface area contributed by atoms with Gasteiger partial charge in [-0.1, -0.05) is 0 Å². The Morgan fingerprint density at radius 3 is 1.91 bits per heavy atom. The Hall–Kier alpha value is -1.54. The molecule has 22 heavy (non-hydrogen) atoms. The number of azo groups is 1. The zero-order valence-electron chi connectivity index (χ0n) is 14.5. The van der Waals surface area contributed by atoms with E-state index in [1.807, 2.05) is 19.9 Å². The van der Waals surface area contributed by atoms with Crippen LogP contribution in [0.15, 0.2) is 10.2 Å². The van der Waals surface area contributed by atoms with Gasteiger partial charge in [0.25, 0.3) is 0 Å². The fraction of sp³-hybridized carbons (Fsp3) is 0.867. The van der Waals surface area contributed by atoms with Crippen LogP contribution in [0, 0.1) is 22.7 Å². The van der Waals surface area contributed by atoms with Crippen molar-refractivity contribution in [3.05, 3.63) is 0 Å². The molecule has 0 saturated heterocycles. The van der Waals surface area contributed by atoms with Crippen molar-refractivity contribution in [2.24, 2.45) is 10.2 Å². The van der Waals surface area contributed by atoms with Gasteiger partial charge in [0.2, 0.25) is 0 Å². The van der Waals surface area contributed by atoms with E-state index in [0.29, 0.717) is 6.42 Å². The van der Waals surface area contributed by atoms with Gasteiger partial charge in [0.1, 0.15) is 0 Å². The van der Waals surface area contributed by atoms with Gasteiger partial charge in [0, 0.05) is 20.6 Å². The summed E-state index contributed by atoms with van der Waals surface area (Å²) in [6.07, 6.45) is -0.0921. The SMILES string of the molecule is COC(C)OCC(C)(C#N)N=NC(C)(C#N)CC(C)(C)OC. The molecular weight excluding hydrogens is 284 g/mol. The van der Waals surface area contributed by atoms with Gasteiger partial charge in [-0.25, -0.2) is 0 Å². The van der Waals surface area contributed by atoms with Crippen LogP contribution in [0.3, 0.4) is 0 Å². The Morgan fingerprint density at radius 2 is 1.50 bits per heavy atom. The summed E-state index contributed by atoms with van der Waals surface area (Å²) in [5, 5.41) is 26.8.